The van der Waals surface area contributed by atoms with Crippen LogP contribution in [-0.2, 0) is 19.6 Å². The second-order valence-electron chi connectivity index (χ2n) is 9.02. The van der Waals surface area contributed by atoms with Crippen LogP contribution in [-0.4, -0.2) is 69.2 Å². The number of methoxy groups -OCH3 is 1. The number of nitrogens with zero attached hydrogens (tertiary/aromatic N) is 5. The molecule has 0 aliphatic carbocycles. The van der Waals surface area contributed by atoms with Gasteiger partial charge in [0.15, 0.2) is 5.13 Å². The molecule has 1 aliphatic rings. The molecule has 0 N–H and O–H groups in total. The Morgan fingerprint density at radius 2 is 1.67 bits per heavy atom. The summed E-state index contributed by atoms with van der Waals surface area (Å²) >= 11 is 1.72. The van der Waals surface area contributed by atoms with Crippen molar-refractivity contribution in [2.24, 2.45) is 0 Å². The second-order valence-corrected chi connectivity index (χ2v) is 9.86. The van der Waals surface area contributed by atoms with E-state index in [9.17, 15) is 0 Å². The highest BCUT2D eigenvalue weighted by molar-refractivity contribution is 7.13. The van der Waals surface area contributed by atoms with Crippen LogP contribution in [0.5, 0.6) is 5.75 Å². The summed E-state index contributed by atoms with van der Waals surface area (Å²) < 4.78 is 5.44. The van der Waals surface area contributed by atoms with E-state index in [0.717, 1.165) is 62.4 Å². The molecule has 0 spiro atoms. The van der Waals surface area contributed by atoms with Crippen molar-refractivity contribution in [2.45, 2.75) is 19.6 Å². The van der Waals surface area contributed by atoms with Gasteiger partial charge in [0.2, 0.25) is 0 Å². The van der Waals surface area contributed by atoms with Crippen molar-refractivity contribution in [3.05, 3.63) is 70.7 Å². The number of hydrogen-bond acceptors (Lipinski definition) is 7. The van der Waals surface area contributed by atoms with Crippen molar-refractivity contribution in [3.63, 3.8) is 0 Å². The largest absolute Gasteiger partial charge is 0.497 e. The molecule has 0 radical (unpaired) electrons. The van der Waals surface area contributed by atoms with Crippen LogP contribution >= 0.6 is 11.3 Å². The van der Waals surface area contributed by atoms with Crippen molar-refractivity contribution in [3.8, 4) is 5.75 Å². The molecule has 6 nitrogen and oxygen atoms in total. The molecule has 1 aromatic heterocycles. The maximum Gasteiger partial charge on any atom is 0.186 e. The van der Waals surface area contributed by atoms with Gasteiger partial charge in [0.05, 0.1) is 12.8 Å². The lowest BCUT2D eigenvalue weighted by atomic mass is 10.1. The van der Waals surface area contributed by atoms with Crippen LogP contribution in [0.15, 0.2) is 53.9 Å². The first kappa shape index (κ1) is 23.5. The second kappa shape index (κ2) is 11.0. The van der Waals surface area contributed by atoms with Crippen LogP contribution in [0.4, 0.5) is 10.8 Å². The van der Waals surface area contributed by atoms with Gasteiger partial charge in [-0.25, -0.2) is 4.98 Å². The van der Waals surface area contributed by atoms with E-state index in [2.05, 4.69) is 88.6 Å². The van der Waals surface area contributed by atoms with Crippen LogP contribution in [0.3, 0.4) is 0 Å². The standard InChI is InChI=1S/C26H35N5OS/c1-28(2)19-23-20-33-26(27-23)31(18-22-6-5-7-25(16-22)32-4)17-21-8-10-24(11-9-21)30-14-12-29(3)13-15-30/h5-11,16,20H,12-15,17-19H2,1-4H3. The topological polar surface area (TPSA) is 35.1 Å². The zero-order chi connectivity index (χ0) is 23.2. The number of likely N-dealkylation sites (N-methyl/N-ethyl adjacent to an activating group) is 1. The normalized spacial score (nSPS) is 14.6. The van der Waals surface area contributed by atoms with Gasteiger partial charge in [-0.3, -0.25) is 0 Å². The van der Waals surface area contributed by atoms with Gasteiger partial charge in [-0.1, -0.05) is 24.3 Å². The first-order valence-corrected chi connectivity index (χ1v) is 12.4. The fraction of sp³-hybridized carbons (Fsp3) is 0.423. The van der Waals surface area contributed by atoms with Crippen molar-refractivity contribution < 1.29 is 4.74 Å². The molecule has 1 fully saturated rings. The molecule has 0 amide bonds. The number of thiazole rings is 1. The lowest BCUT2D eigenvalue weighted by molar-refractivity contribution is 0.313. The van der Waals surface area contributed by atoms with E-state index in [1.165, 1.54) is 16.8 Å². The van der Waals surface area contributed by atoms with Crippen molar-refractivity contribution in [2.75, 3.05) is 64.2 Å². The van der Waals surface area contributed by atoms with Crippen LogP contribution in [0.25, 0.3) is 0 Å². The third-order valence-electron chi connectivity index (χ3n) is 5.97. The number of anilines is 2. The van der Waals surface area contributed by atoms with E-state index < -0.39 is 0 Å². The molecule has 0 bridgehead atoms. The smallest absolute Gasteiger partial charge is 0.186 e. The Balaban J connectivity index is 1.52. The van der Waals surface area contributed by atoms with Gasteiger partial charge in [0, 0.05) is 56.9 Å². The van der Waals surface area contributed by atoms with Crippen LogP contribution < -0.4 is 14.5 Å². The number of piperazine rings is 1. The maximum atomic E-state index is 5.44. The van der Waals surface area contributed by atoms with Gasteiger partial charge in [-0.05, 0) is 56.5 Å². The molecule has 1 aliphatic heterocycles. The van der Waals surface area contributed by atoms with Crippen LogP contribution in [0.1, 0.15) is 16.8 Å². The molecule has 176 valence electrons. The average Bonchev–Trinajstić information content (AvgIpc) is 3.27. The Labute approximate surface area is 202 Å². The van der Waals surface area contributed by atoms with Gasteiger partial charge in [-0.2, -0.15) is 0 Å². The third kappa shape index (κ3) is 6.47. The Hall–Kier alpha value is -2.61. The number of benzene rings is 2. The third-order valence-corrected chi connectivity index (χ3v) is 6.92. The van der Waals surface area contributed by atoms with E-state index in [0.29, 0.717) is 0 Å². The summed E-state index contributed by atoms with van der Waals surface area (Å²) in [4.78, 5) is 14.3. The first-order valence-electron chi connectivity index (χ1n) is 11.5. The minimum Gasteiger partial charge on any atom is -0.497 e. The molecule has 33 heavy (non-hydrogen) atoms. The minimum atomic E-state index is 0.784. The highest BCUT2D eigenvalue weighted by Gasteiger charge is 2.16. The predicted molar refractivity (Wildman–Crippen MR) is 139 cm³/mol. The fourth-order valence-corrected chi connectivity index (χ4v) is 4.93. The highest BCUT2D eigenvalue weighted by atomic mass is 32.1. The summed E-state index contributed by atoms with van der Waals surface area (Å²) in [5, 5.41) is 3.22. The molecule has 2 heterocycles. The molecule has 0 unspecified atom stereocenters. The number of aromatic nitrogens is 1. The summed E-state index contributed by atoms with van der Waals surface area (Å²) in [6.45, 7) is 6.87. The number of ether oxygens (including phenoxy) is 1. The summed E-state index contributed by atoms with van der Waals surface area (Å²) in [7, 11) is 8.07. The maximum absolute atomic E-state index is 5.44. The van der Waals surface area contributed by atoms with Gasteiger partial charge in [0.1, 0.15) is 5.75 Å². The SMILES string of the molecule is COc1cccc(CN(Cc2ccc(N3CCN(C)CC3)cc2)c2nc(CN(C)C)cs2)c1. The molecule has 7 heteroatoms. The summed E-state index contributed by atoms with van der Waals surface area (Å²) in [6, 6.07) is 17.4. The summed E-state index contributed by atoms with van der Waals surface area (Å²) in [5.74, 6) is 0.886. The van der Waals surface area contributed by atoms with Crippen molar-refractivity contribution in [1.29, 1.82) is 0 Å². The van der Waals surface area contributed by atoms with Gasteiger partial charge in [-0.15, -0.1) is 11.3 Å². The van der Waals surface area contributed by atoms with E-state index in [1.54, 1.807) is 18.4 Å². The average molecular weight is 466 g/mol. The van der Waals surface area contributed by atoms with Crippen LogP contribution in [0.2, 0.25) is 0 Å². The van der Waals surface area contributed by atoms with Gasteiger partial charge >= 0.3 is 0 Å². The first-order chi connectivity index (χ1) is 16.0. The van der Waals surface area contributed by atoms with Gasteiger partial charge < -0.3 is 24.3 Å². The number of hydrogen-bond donors (Lipinski definition) is 0. The monoisotopic (exact) mass is 465 g/mol. The summed E-state index contributed by atoms with van der Waals surface area (Å²) in [6.07, 6.45) is 0. The lowest BCUT2D eigenvalue weighted by Gasteiger charge is -2.34. The highest BCUT2D eigenvalue weighted by Crippen LogP contribution is 2.27. The number of rotatable bonds is 9. The minimum absolute atomic E-state index is 0.784. The Morgan fingerprint density at radius 1 is 0.939 bits per heavy atom. The Morgan fingerprint density at radius 3 is 2.36 bits per heavy atom. The molecule has 3 aromatic rings. The van der Waals surface area contributed by atoms with E-state index in [-0.39, 0.29) is 0 Å². The Bertz CT molecular complexity index is 1010. The molecule has 0 atom stereocenters. The van der Waals surface area contributed by atoms with Crippen molar-refractivity contribution in [1.82, 2.24) is 14.8 Å². The summed E-state index contributed by atoms with van der Waals surface area (Å²) in [5.41, 5.74) is 4.93. The molecular formula is C26H35N5OS. The van der Waals surface area contributed by atoms with E-state index >= 15 is 0 Å². The molecule has 2 aromatic carbocycles. The van der Waals surface area contributed by atoms with E-state index in [1.807, 2.05) is 6.07 Å². The zero-order valence-electron chi connectivity index (χ0n) is 20.2. The quantitative estimate of drug-likeness (QED) is 0.472. The van der Waals surface area contributed by atoms with E-state index in [4.69, 9.17) is 9.72 Å². The molecular weight excluding hydrogens is 430 g/mol. The predicted octanol–water partition coefficient (Wildman–Crippen LogP) is 4.17. The zero-order valence-corrected chi connectivity index (χ0v) is 21.0. The Kier molecular flexibility index (Phi) is 7.85. The molecule has 1 saturated heterocycles. The van der Waals surface area contributed by atoms with Gasteiger partial charge in [0.25, 0.3) is 0 Å². The lowest BCUT2D eigenvalue weighted by Crippen LogP contribution is -2.44. The van der Waals surface area contributed by atoms with Crippen molar-refractivity contribution >= 4 is 22.2 Å². The fourth-order valence-electron chi connectivity index (χ4n) is 4.12. The van der Waals surface area contributed by atoms with Crippen LogP contribution in [0, 0.1) is 0 Å². The molecule has 0 saturated carbocycles. The molecule has 4 rings (SSSR count).